The second kappa shape index (κ2) is 5.05. The molecule has 0 radical (unpaired) electrons. The molecular weight excluding hydrogens is 322 g/mol. The van der Waals surface area contributed by atoms with Gasteiger partial charge < -0.3 is 10.6 Å². The van der Waals surface area contributed by atoms with Crippen molar-refractivity contribution in [3.8, 4) is 0 Å². The van der Waals surface area contributed by atoms with Crippen molar-refractivity contribution < 1.29 is 9.59 Å². The molecule has 0 spiro atoms. The van der Waals surface area contributed by atoms with Crippen LogP contribution in [-0.4, -0.2) is 16.8 Å². The van der Waals surface area contributed by atoms with Crippen LogP contribution in [0.15, 0.2) is 41.0 Å². The average molecular weight is 332 g/mol. The highest BCUT2D eigenvalue weighted by atomic mass is 79.9. The molecule has 0 atom stereocenters. The van der Waals surface area contributed by atoms with Gasteiger partial charge >= 0.3 is 0 Å². The van der Waals surface area contributed by atoms with Gasteiger partial charge in [-0.2, -0.15) is 0 Å². The van der Waals surface area contributed by atoms with Crippen LogP contribution in [0, 0.1) is 0 Å². The van der Waals surface area contributed by atoms with Crippen LogP contribution in [0.2, 0.25) is 0 Å². The van der Waals surface area contributed by atoms with Crippen LogP contribution in [0.4, 0.5) is 11.5 Å². The number of carbonyl (C=O) groups excluding carboxylic acids is 2. The number of benzene rings is 1. The van der Waals surface area contributed by atoms with Crippen LogP contribution in [0.3, 0.4) is 0 Å². The standard InChI is InChI=1S/C14H10BrN3O2/c15-10-2-1-5-16-13(10)18-14(20)8-3-4-11-9(6-8)7-12(19)17-11/h1-6H,7H2,(H,17,19)(H,16,18,20). The Morgan fingerprint density at radius 3 is 3.00 bits per heavy atom. The van der Waals surface area contributed by atoms with E-state index in [0.29, 0.717) is 22.3 Å². The molecule has 1 aromatic heterocycles. The molecule has 0 aliphatic carbocycles. The number of nitrogens with one attached hydrogen (secondary N) is 2. The van der Waals surface area contributed by atoms with Crippen molar-refractivity contribution in [2.24, 2.45) is 0 Å². The van der Waals surface area contributed by atoms with Gasteiger partial charge in [0.2, 0.25) is 5.91 Å². The Labute approximate surface area is 123 Å². The van der Waals surface area contributed by atoms with Crippen LogP contribution >= 0.6 is 15.9 Å². The highest BCUT2D eigenvalue weighted by Crippen LogP contribution is 2.25. The first-order valence-corrected chi connectivity index (χ1v) is 6.77. The largest absolute Gasteiger partial charge is 0.326 e. The van der Waals surface area contributed by atoms with Crippen LogP contribution in [-0.2, 0) is 11.2 Å². The fourth-order valence-electron chi connectivity index (χ4n) is 2.03. The van der Waals surface area contributed by atoms with Gasteiger partial charge in [-0.15, -0.1) is 0 Å². The Hall–Kier alpha value is -2.21. The van der Waals surface area contributed by atoms with E-state index >= 15 is 0 Å². The number of anilines is 2. The molecule has 2 aromatic rings. The quantitative estimate of drug-likeness (QED) is 0.888. The van der Waals surface area contributed by atoms with Crippen molar-refractivity contribution in [3.05, 3.63) is 52.1 Å². The summed E-state index contributed by atoms with van der Waals surface area (Å²) >= 11 is 3.32. The molecule has 6 heteroatoms. The van der Waals surface area contributed by atoms with E-state index < -0.39 is 0 Å². The van der Waals surface area contributed by atoms with Gasteiger partial charge in [-0.3, -0.25) is 9.59 Å². The molecule has 2 heterocycles. The van der Waals surface area contributed by atoms with E-state index in [-0.39, 0.29) is 11.8 Å². The molecule has 0 unspecified atom stereocenters. The summed E-state index contributed by atoms with van der Waals surface area (Å²) in [6.45, 7) is 0. The molecule has 2 N–H and O–H groups in total. The van der Waals surface area contributed by atoms with Gasteiger partial charge in [0.05, 0.1) is 10.9 Å². The number of nitrogens with zero attached hydrogens (tertiary/aromatic N) is 1. The maximum atomic E-state index is 12.2. The molecule has 0 saturated heterocycles. The Kier molecular flexibility index (Phi) is 3.23. The minimum Gasteiger partial charge on any atom is -0.326 e. The van der Waals surface area contributed by atoms with E-state index in [1.165, 1.54) is 0 Å². The molecule has 0 fully saturated rings. The van der Waals surface area contributed by atoms with Gasteiger partial charge in [0.15, 0.2) is 0 Å². The molecule has 2 amide bonds. The third-order valence-corrected chi connectivity index (χ3v) is 3.62. The van der Waals surface area contributed by atoms with Gasteiger partial charge in [0.1, 0.15) is 5.82 Å². The topological polar surface area (TPSA) is 71.1 Å². The van der Waals surface area contributed by atoms with Crippen LogP contribution in [0.1, 0.15) is 15.9 Å². The minimum atomic E-state index is -0.258. The average Bonchev–Trinajstić information content (AvgIpc) is 2.80. The van der Waals surface area contributed by atoms with Crippen molar-refractivity contribution in [3.63, 3.8) is 0 Å². The highest BCUT2D eigenvalue weighted by Gasteiger charge is 2.19. The van der Waals surface area contributed by atoms with E-state index in [0.717, 1.165) is 11.3 Å². The number of aromatic nitrogens is 1. The van der Waals surface area contributed by atoms with E-state index in [1.807, 2.05) is 0 Å². The number of hydrogen-bond donors (Lipinski definition) is 2. The Bertz CT molecular complexity index is 715. The number of pyridine rings is 1. The lowest BCUT2D eigenvalue weighted by atomic mass is 10.1. The fourth-order valence-corrected chi connectivity index (χ4v) is 2.38. The summed E-state index contributed by atoms with van der Waals surface area (Å²) in [5.74, 6) is 0.156. The van der Waals surface area contributed by atoms with Crippen molar-refractivity contribution in [1.82, 2.24) is 4.98 Å². The molecular formula is C14H10BrN3O2. The van der Waals surface area contributed by atoms with Gasteiger partial charge in [0.25, 0.3) is 5.91 Å². The van der Waals surface area contributed by atoms with Crippen molar-refractivity contribution in [2.75, 3.05) is 10.6 Å². The van der Waals surface area contributed by atoms with Gasteiger partial charge in [0, 0.05) is 17.4 Å². The number of amides is 2. The number of carbonyl (C=O) groups is 2. The Morgan fingerprint density at radius 1 is 1.35 bits per heavy atom. The maximum absolute atomic E-state index is 12.2. The second-order valence-corrected chi connectivity index (χ2v) is 5.24. The molecule has 1 aliphatic heterocycles. The monoisotopic (exact) mass is 331 g/mol. The van der Waals surface area contributed by atoms with Gasteiger partial charge in [-0.25, -0.2) is 4.98 Å². The summed E-state index contributed by atoms with van der Waals surface area (Å²) in [4.78, 5) is 27.5. The van der Waals surface area contributed by atoms with Crippen molar-refractivity contribution >= 4 is 39.2 Å². The second-order valence-electron chi connectivity index (χ2n) is 4.38. The predicted octanol–water partition coefficient (Wildman–Crippen LogP) is 2.59. The number of fused-ring (bicyclic) bond motifs is 1. The van der Waals surface area contributed by atoms with Crippen LogP contribution < -0.4 is 10.6 Å². The molecule has 5 nitrogen and oxygen atoms in total. The van der Waals surface area contributed by atoms with Gasteiger partial charge in [-0.05, 0) is 51.8 Å². The Morgan fingerprint density at radius 2 is 2.20 bits per heavy atom. The molecule has 1 aromatic carbocycles. The number of rotatable bonds is 2. The summed E-state index contributed by atoms with van der Waals surface area (Å²) in [5.41, 5.74) is 2.10. The summed E-state index contributed by atoms with van der Waals surface area (Å²) < 4.78 is 0.714. The highest BCUT2D eigenvalue weighted by molar-refractivity contribution is 9.10. The number of hydrogen-bond acceptors (Lipinski definition) is 3. The first kappa shape index (κ1) is 12.8. The zero-order chi connectivity index (χ0) is 14.1. The SMILES string of the molecule is O=C1Cc2cc(C(=O)Nc3ncccc3Br)ccc2N1. The smallest absolute Gasteiger partial charge is 0.256 e. The third kappa shape index (κ3) is 2.42. The molecule has 0 saturated carbocycles. The molecule has 0 bridgehead atoms. The van der Waals surface area contributed by atoms with Crippen molar-refractivity contribution in [2.45, 2.75) is 6.42 Å². The summed E-state index contributed by atoms with van der Waals surface area (Å²) in [6, 6.07) is 8.71. The Balaban J connectivity index is 1.84. The summed E-state index contributed by atoms with van der Waals surface area (Å²) in [6.07, 6.45) is 1.91. The lowest BCUT2D eigenvalue weighted by Crippen LogP contribution is -2.13. The molecule has 3 rings (SSSR count). The first-order chi connectivity index (χ1) is 9.63. The van der Waals surface area contributed by atoms with E-state index in [4.69, 9.17) is 0 Å². The zero-order valence-electron chi connectivity index (χ0n) is 10.3. The number of halogens is 1. The maximum Gasteiger partial charge on any atom is 0.256 e. The summed E-state index contributed by atoms with van der Waals surface area (Å²) in [7, 11) is 0. The third-order valence-electron chi connectivity index (χ3n) is 2.98. The lowest BCUT2D eigenvalue weighted by Gasteiger charge is -2.07. The first-order valence-electron chi connectivity index (χ1n) is 5.98. The van der Waals surface area contributed by atoms with E-state index in [1.54, 1.807) is 36.5 Å². The van der Waals surface area contributed by atoms with Crippen molar-refractivity contribution in [1.29, 1.82) is 0 Å². The van der Waals surface area contributed by atoms with Gasteiger partial charge in [-0.1, -0.05) is 0 Å². The molecule has 1 aliphatic rings. The van der Waals surface area contributed by atoms with E-state index in [2.05, 4.69) is 31.5 Å². The molecule has 100 valence electrons. The minimum absolute atomic E-state index is 0.0509. The lowest BCUT2D eigenvalue weighted by molar-refractivity contribution is -0.115. The summed E-state index contributed by atoms with van der Waals surface area (Å²) in [5, 5.41) is 5.46. The molecule has 20 heavy (non-hydrogen) atoms. The van der Waals surface area contributed by atoms with Crippen LogP contribution in [0.25, 0.3) is 0 Å². The normalized spacial score (nSPS) is 12.8. The van der Waals surface area contributed by atoms with E-state index in [9.17, 15) is 9.59 Å². The van der Waals surface area contributed by atoms with Crippen LogP contribution in [0.5, 0.6) is 0 Å². The fraction of sp³-hybridized carbons (Fsp3) is 0.0714. The predicted molar refractivity (Wildman–Crippen MR) is 78.7 cm³/mol. The zero-order valence-corrected chi connectivity index (χ0v) is 11.9.